The van der Waals surface area contributed by atoms with E-state index in [2.05, 4.69) is 15.0 Å². The van der Waals surface area contributed by atoms with Crippen molar-refractivity contribution in [2.75, 3.05) is 0 Å². The molecule has 0 radical (unpaired) electrons. The summed E-state index contributed by atoms with van der Waals surface area (Å²) in [5.41, 5.74) is 7.30. The predicted octanol–water partition coefficient (Wildman–Crippen LogP) is 5.32. The zero-order valence-corrected chi connectivity index (χ0v) is 18.5. The van der Waals surface area contributed by atoms with Gasteiger partial charge < -0.3 is 9.97 Å². The molecular weight excluding hydrogens is 448 g/mol. The highest BCUT2D eigenvalue weighted by molar-refractivity contribution is 7.86. The third kappa shape index (κ3) is 3.85. The summed E-state index contributed by atoms with van der Waals surface area (Å²) in [6, 6.07) is 21.9. The van der Waals surface area contributed by atoms with Crippen molar-refractivity contribution in [1.82, 2.24) is 19.9 Å². The van der Waals surface area contributed by atoms with Crippen LogP contribution in [0.4, 0.5) is 0 Å². The van der Waals surface area contributed by atoms with Gasteiger partial charge in [-0.3, -0.25) is 4.55 Å². The molecule has 3 N–H and O–H groups in total. The Kier molecular flexibility index (Phi) is 4.58. The third-order valence-corrected chi connectivity index (χ3v) is 6.53. The SMILES string of the molecule is O=S(=O)(O)c1ccccc1C1=Cc2cc3ccc(cc4ccc(cc5nc(cc1n2)C=C5)[nH]4)[nH]3. The second-order valence-corrected chi connectivity index (χ2v) is 9.45. The molecule has 0 saturated carbocycles. The van der Waals surface area contributed by atoms with Gasteiger partial charge in [0.2, 0.25) is 0 Å². The van der Waals surface area contributed by atoms with Gasteiger partial charge in [0.05, 0.1) is 22.8 Å². The maximum atomic E-state index is 12.1. The molecule has 0 amide bonds. The molecule has 2 aliphatic heterocycles. The van der Waals surface area contributed by atoms with Crippen LogP contribution < -0.4 is 0 Å². The van der Waals surface area contributed by atoms with Crippen molar-refractivity contribution in [2.45, 2.75) is 4.90 Å². The van der Waals surface area contributed by atoms with Crippen LogP contribution in [0.5, 0.6) is 0 Å². The van der Waals surface area contributed by atoms with E-state index in [4.69, 9.17) is 4.98 Å². The molecule has 1 aromatic carbocycles. The summed E-state index contributed by atoms with van der Waals surface area (Å²) in [7, 11) is -4.42. The smallest absolute Gasteiger partial charge is 0.295 e. The topological polar surface area (TPSA) is 112 Å². The first kappa shape index (κ1) is 20.3. The highest BCUT2D eigenvalue weighted by atomic mass is 32.2. The summed E-state index contributed by atoms with van der Waals surface area (Å²) in [4.78, 5) is 15.9. The maximum Gasteiger partial charge on any atom is 0.295 e. The van der Waals surface area contributed by atoms with Crippen molar-refractivity contribution in [1.29, 1.82) is 0 Å². The van der Waals surface area contributed by atoms with Gasteiger partial charge in [0.15, 0.2) is 0 Å². The Bertz CT molecular complexity index is 1790. The van der Waals surface area contributed by atoms with E-state index in [0.29, 0.717) is 28.2 Å². The van der Waals surface area contributed by atoms with Crippen molar-refractivity contribution in [3.05, 3.63) is 101 Å². The Morgan fingerprint density at radius 3 is 1.94 bits per heavy atom. The lowest BCUT2D eigenvalue weighted by molar-refractivity contribution is 0.483. The van der Waals surface area contributed by atoms with E-state index in [0.717, 1.165) is 27.8 Å². The van der Waals surface area contributed by atoms with E-state index in [1.807, 2.05) is 66.8 Å². The van der Waals surface area contributed by atoms with Gasteiger partial charge in [0, 0.05) is 33.2 Å². The van der Waals surface area contributed by atoms with Gasteiger partial charge in [-0.1, -0.05) is 18.2 Å². The Morgan fingerprint density at radius 1 is 0.676 bits per heavy atom. The van der Waals surface area contributed by atoms with Gasteiger partial charge in [-0.2, -0.15) is 8.42 Å². The van der Waals surface area contributed by atoms with Crippen LogP contribution in [0.15, 0.2) is 77.7 Å². The Hall–Kier alpha value is -4.27. The fourth-order valence-corrected chi connectivity index (χ4v) is 4.85. The van der Waals surface area contributed by atoms with Crippen LogP contribution in [0, 0.1) is 0 Å². The van der Waals surface area contributed by atoms with E-state index in [1.165, 1.54) is 6.07 Å². The number of aromatic amines is 2. The molecule has 5 heterocycles. The molecule has 166 valence electrons. The van der Waals surface area contributed by atoms with Gasteiger partial charge >= 0.3 is 0 Å². The molecule has 7 nitrogen and oxygen atoms in total. The van der Waals surface area contributed by atoms with Crippen molar-refractivity contribution >= 4 is 56.0 Å². The lowest BCUT2D eigenvalue weighted by Crippen LogP contribution is -2.02. The second-order valence-electron chi connectivity index (χ2n) is 8.06. The molecule has 0 aliphatic carbocycles. The molecule has 34 heavy (non-hydrogen) atoms. The first-order chi connectivity index (χ1) is 16.4. The molecule has 8 heteroatoms. The second kappa shape index (κ2) is 7.65. The lowest BCUT2D eigenvalue weighted by Gasteiger charge is -2.07. The monoisotopic (exact) mass is 466 g/mol. The Balaban J connectivity index is 1.66. The van der Waals surface area contributed by atoms with Gasteiger partial charge in [-0.25, -0.2) is 9.97 Å². The van der Waals surface area contributed by atoms with E-state index in [1.54, 1.807) is 18.2 Å². The zero-order valence-electron chi connectivity index (χ0n) is 17.7. The van der Waals surface area contributed by atoms with Crippen molar-refractivity contribution < 1.29 is 13.0 Å². The number of nitrogens with one attached hydrogen (secondary N) is 2. The van der Waals surface area contributed by atoms with E-state index < -0.39 is 10.1 Å². The summed E-state index contributed by atoms with van der Waals surface area (Å²) < 4.78 is 33.9. The third-order valence-electron chi connectivity index (χ3n) is 5.62. The number of hydrogen-bond acceptors (Lipinski definition) is 4. The van der Waals surface area contributed by atoms with Crippen molar-refractivity contribution in [3.8, 4) is 0 Å². The van der Waals surface area contributed by atoms with Crippen LogP contribution in [0.25, 0.3) is 45.9 Å². The number of fused-ring (bicyclic) bond motifs is 8. The molecule has 8 bridgehead atoms. The predicted molar refractivity (Wildman–Crippen MR) is 133 cm³/mol. The zero-order chi connectivity index (χ0) is 23.3. The number of benzene rings is 1. The molecule has 3 aromatic heterocycles. The fourth-order valence-electron chi connectivity index (χ4n) is 4.14. The summed E-state index contributed by atoms with van der Waals surface area (Å²) >= 11 is 0. The number of hydrogen-bond donors (Lipinski definition) is 3. The number of nitrogens with zero attached hydrogens (tertiary/aromatic N) is 2. The van der Waals surface area contributed by atoms with Gasteiger partial charge in [-0.05, 0) is 72.8 Å². The van der Waals surface area contributed by atoms with Crippen LogP contribution in [0.2, 0.25) is 0 Å². The number of H-pyrrole nitrogens is 2. The van der Waals surface area contributed by atoms with Crippen molar-refractivity contribution in [2.24, 2.45) is 0 Å². The van der Waals surface area contributed by atoms with Gasteiger partial charge in [0.1, 0.15) is 4.90 Å². The summed E-state index contributed by atoms with van der Waals surface area (Å²) in [5.74, 6) is 0. The van der Waals surface area contributed by atoms with Gasteiger partial charge in [-0.15, -0.1) is 0 Å². The van der Waals surface area contributed by atoms with E-state index >= 15 is 0 Å². The van der Waals surface area contributed by atoms with Gasteiger partial charge in [0.25, 0.3) is 10.1 Å². The minimum Gasteiger partial charge on any atom is -0.355 e. The lowest BCUT2D eigenvalue weighted by atomic mass is 10.0. The van der Waals surface area contributed by atoms with Crippen LogP contribution in [0.3, 0.4) is 0 Å². The van der Waals surface area contributed by atoms with E-state index in [9.17, 15) is 13.0 Å². The maximum absolute atomic E-state index is 12.1. The molecule has 0 atom stereocenters. The quantitative estimate of drug-likeness (QED) is 0.299. The van der Waals surface area contributed by atoms with E-state index in [-0.39, 0.29) is 4.90 Å². The number of aromatic nitrogens is 4. The molecule has 0 unspecified atom stereocenters. The summed E-state index contributed by atoms with van der Waals surface area (Å²) in [6.07, 6.45) is 5.60. The fraction of sp³-hybridized carbons (Fsp3) is 0. The molecule has 4 aromatic rings. The summed E-state index contributed by atoms with van der Waals surface area (Å²) in [6.45, 7) is 0. The molecule has 0 spiro atoms. The van der Waals surface area contributed by atoms with Crippen LogP contribution in [0.1, 0.15) is 28.3 Å². The first-order valence-corrected chi connectivity index (χ1v) is 12.0. The average molecular weight is 467 g/mol. The highest BCUT2D eigenvalue weighted by Crippen LogP contribution is 2.33. The van der Waals surface area contributed by atoms with Crippen LogP contribution >= 0.6 is 0 Å². The van der Waals surface area contributed by atoms with Crippen LogP contribution in [-0.2, 0) is 10.1 Å². The molecule has 6 rings (SSSR count). The molecule has 0 saturated heterocycles. The average Bonchev–Trinajstić information content (AvgIpc) is 3.58. The highest BCUT2D eigenvalue weighted by Gasteiger charge is 2.21. The minimum atomic E-state index is -4.42. The normalized spacial score (nSPS) is 13.1. The first-order valence-electron chi connectivity index (χ1n) is 10.6. The molecule has 2 aliphatic rings. The van der Waals surface area contributed by atoms with Crippen molar-refractivity contribution in [3.63, 3.8) is 0 Å². The number of rotatable bonds is 2. The molecular formula is C26H18N4O3S. The minimum absolute atomic E-state index is 0.168. The van der Waals surface area contributed by atoms with Crippen LogP contribution in [-0.4, -0.2) is 32.9 Å². The Morgan fingerprint density at radius 2 is 1.26 bits per heavy atom. The molecule has 0 fully saturated rings. The largest absolute Gasteiger partial charge is 0.355 e. The standard InChI is InChI=1S/C26H18N4O3S/c31-34(32,33)26-4-2-1-3-23(26)24-14-22-13-20-8-7-18(28-20)11-16-5-6-17(27-16)12-19-9-10-21(29-19)15-25(24)30-22/h1-15,27-28H,(H,31,32,33). The Labute approximate surface area is 194 Å². The summed E-state index contributed by atoms with van der Waals surface area (Å²) in [5, 5.41) is 0.